The van der Waals surface area contributed by atoms with Gasteiger partial charge in [-0.05, 0) is 12.8 Å². The summed E-state index contributed by atoms with van der Waals surface area (Å²) in [5.41, 5.74) is 0. The number of phosphoric ester groups is 1. The van der Waals surface area contributed by atoms with E-state index in [2.05, 4.69) is 20.5 Å². The van der Waals surface area contributed by atoms with Crippen molar-refractivity contribution in [1.82, 2.24) is 0 Å². The van der Waals surface area contributed by atoms with Crippen LogP contribution >= 0.6 is 23.8 Å². The van der Waals surface area contributed by atoms with Crippen LogP contribution in [0, 0.1) is 0 Å². The van der Waals surface area contributed by atoms with Crippen molar-refractivity contribution in [2.45, 2.75) is 167 Å². The van der Waals surface area contributed by atoms with Crippen LogP contribution in [0.15, 0.2) is 0 Å². The highest BCUT2D eigenvalue weighted by atomic mass is 79.9. The Bertz CT molecular complexity index is 431. The normalized spacial score (nSPS) is 12.0. The van der Waals surface area contributed by atoms with Gasteiger partial charge in [0.15, 0.2) is 0 Å². The highest BCUT2D eigenvalue weighted by Crippen LogP contribution is 2.35. The molecule has 0 heterocycles. The van der Waals surface area contributed by atoms with Crippen LogP contribution in [0.5, 0.6) is 0 Å². The average molecular weight is 570 g/mol. The van der Waals surface area contributed by atoms with Crippen molar-refractivity contribution < 1.29 is 18.9 Å². The maximum absolute atomic E-state index is 10.6. The Morgan fingerprint density at radius 2 is 0.618 bits per heavy atom. The van der Waals surface area contributed by atoms with Gasteiger partial charge in [-0.15, -0.1) is 0 Å². The van der Waals surface area contributed by atoms with Crippen LogP contribution in [0.4, 0.5) is 0 Å². The van der Waals surface area contributed by atoms with E-state index < -0.39 is 7.82 Å². The predicted octanol–water partition coefficient (Wildman–Crippen LogP) is 10.6. The number of hydrogen-bond donors (Lipinski definition) is 2. The number of unbranched alkanes of at least 4 members (excludes halogenated alkanes) is 25. The van der Waals surface area contributed by atoms with Gasteiger partial charge in [0.25, 0.3) is 0 Å². The fraction of sp³-hybridized carbons (Fsp3) is 1.00. The molecular weight excluding hydrogens is 511 g/mol. The SMILES string of the molecule is O=P(O)(O)OCCCCCCCCCCCCCCCCCCCCCCCCCCCCBr. The lowest BCUT2D eigenvalue weighted by Crippen LogP contribution is -1.92. The Hall–Kier alpha value is 0.590. The Balaban J connectivity index is 3.03. The molecule has 0 spiro atoms. The van der Waals surface area contributed by atoms with Gasteiger partial charge >= 0.3 is 7.82 Å². The predicted molar refractivity (Wildman–Crippen MR) is 152 cm³/mol. The second-order valence-electron chi connectivity index (χ2n) is 10.2. The van der Waals surface area contributed by atoms with Crippen LogP contribution in [0.1, 0.15) is 167 Å². The lowest BCUT2D eigenvalue weighted by Gasteiger charge is -2.05. The first-order valence-corrected chi connectivity index (χ1v) is 17.5. The Morgan fingerprint density at radius 3 is 0.824 bits per heavy atom. The molecule has 0 aromatic rings. The van der Waals surface area contributed by atoms with Crippen LogP contribution in [-0.4, -0.2) is 21.7 Å². The van der Waals surface area contributed by atoms with E-state index in [4.69, 9.17) is 9.79 Å². The molecule has 0 saturated carbocycles. The van der Waals surface area contributed by atoms with Crippen molar-refractivity contribution in [3.8, 4) is 0 Å². The van der Waals surface area contributed by atoms with Crippen LogP contribution in [-0.2, 0) is 9.09 Å². The molecule has 0 aliphatic rings. The minimum Gasteiger partial charge on any atom is -0.303 e. The molecule has 0 aliphatic carbocycles. The fourth-order valence-electron chi connectivity index (χ4n) is 4.62. The summed E-state index contributed by atoms with van der Waals surface area (Å²) in [6.45, 7) is 0.169. The third-order valence-electron chi connectivity index (χ3n) is 6.79. The zero-order valence-corrected chi connectivity index (χ0v) is 24.8. The maximum Gasteiger partial charge on any atom is 0.469 e. The molecule has 0 amide bonds. The van der Waals surface area contributed by atoms with E-state index in [9.17, 15) is 4.57 Å². The van der Waals surface area contributed by atoms with Gasteiger partial charge in [-0.1, -0.05) is 170 Å². The topological polar surface area (TPSA) is 66.8 Å². The fourth-order valence-corrected chi connectivity index (χ4v) is 5.39. The van der Waals surface area contributed by atoms with Gasteiger partial charge in [-0.2, -0.15) is 0 Å². The molecule has 0 unspecified atom stereocenters. The molecule has 0 saturated heterocycles. The molecule has 0 aromatic heterocycles. The number of hydrogen-bond acceptors (Lipinski definition) is 2. The number of phosphoric acid groups is 1. The summed E-state index contributed by atoms with van der Waals surface area (Å²) in [5.74, 6) is 0. The van der Waals surface area contributed by atoms with Crippen LogP contribution in [0.25, 0.3) is 0 Å². The number of halogens is 1. The van der Waals surface area contributed by atoms with Gasteiger partial charge in [-0.25, -0.2) is 4.57 Å². The molecule has 34 heavy (non-hydrogen) atoms. The van der Waals surface area contributed by atoms with Gasteiger partial charge in [0, 0.05) is 5.33 Å². The Morgan fingerprint density at radius 1 is 0.412 bits per heavy atom. The summed E-state index contributed by atoms with van der Waals surface area (Å²) in [6.07, 6.45) is 35.3. The molecule has 0 atom stereocenters. The highest BCUT2D eigenvalue weighted by molar-refractivity contribution is 9.09. The molecule has 0 fully saturated rings. The van der Waals surface area contributed by atoms with Crippen LogP contribution in [0.2, 0.25) is 0 Å². The summed E-state index contributed by atoms with van der Waals surface area (Å²) in [5, 5.41) is 1.17. The van der Waals surface area contributed by atoms with E-state index in [-0.39, 0.29) is 6.61 Å². The van der Waals surface area contributed by atoms with Crippen molar-refractivity contribution in [2.24, 2.45) is 0 Å². The summed E-state index contributed by atoms with van der Waals surface area (Å²) in [6, 6.07) is 0. The third-order valence-corrected chi connectivity index (χ3v) is 7.87. The first-order chi connectivity index (χ1) is 16.6. The summed E-state index contributed by atoms with van der Waals surface area (Å²) >= 11 is 3.50. The van der Waals surface area contributed by atoms with Crippen molar-refractivity contribution in [3.05, 3.63) is 0 Å². The molecule has 0 aliphatic heterocycles. The van der Waals surface area contributed by atoms with Gasteiger partial charge in [0.1, 0.15) is 0 Å². The first-order valence-electron chi connectivity index (χ1n) is 14.8. The van der Waals surface area contributed by atoms with Crippen molar-refractivity contribution >= 4 is 23.8 Å². The van der Waals surface area contributed by atoms with Crippen LogP contribution < -0.4 is 0 Å². The molecule has 2 N–H and O–H groups in total. The summed E-state index contributed by atoms with van der Waals surface area (Å²) in [4.78, 5) is 17.2. The lowest BCUT2D eigenvalue weighted by molar-refractivity contribution is 0.193. The molecule has 206 valence electrons. The first kappa shape index (κ1) is 34.6. The smallest absolute Gasteiger partial charge is 0.303 e. The molecule has 4 nitrogen and oxygen atoms in total. The molecule has 0 aromatic carbocycles. The van der Waals surface area contributed by atoms with Gasteiger partial charge in [0.05, 0.1) is 6.61 Å². The highest BCUT2D eigenvalue weighted by Gasteiger charge is 2.12. The molecule has 0 radical (unpaired) electrons. The maximum atomic E-state index is 10.6. The van der Waals surface area contributed by atoms with E-state index in [1.54, 1.807) is 0 Å². The number of alkyl halides is 1. The largest absolute Gasteiger partial charge is 0.469 e. The standard InChI is InChI=1S/C28H58BrO4P/c29-27-25-23-21-19-17-15-13-11-9-7-5-3-1-2-4-6-8-10-12-14-16-18-20-22-24-26-28-33-34(30,31)32/h1-28H2,(H2,30,31,32). The van der Waals surface area contributed by atoms with E-state index >= 15 is 0 Å². The molecule has 0 rings (SSSR count). The quantitative estimate of drug-likeness (QED) is 0.0534. The Labute approximate surface area is 221 Å². The third kappa shape index (κ3) is 32.6. The van der Waals surface area contributed by atoms with Gasteiger partial charge in [0.2, 0.25) is 0 Å². The summed E-state index contributed by atoms with van der Waals surface area (Å²) < 4.78 is 15.0. The van der Waals surface area contributed by atoms with Crippen molar-refractivity contribution in [1.29, 1.82) is 0 Å². The molecule has 0 bridgehead atoms. The zero-order chi connectivity index (χ0) is 25.0. The van der Waals surface area contributed by atoms with Gasteiger partial charge < -0.3 is 9.79 Å². The lowest BCUT2D eigenvalue weighted by atomic mass is 10.0. The molecule has 6 heteroatoms. The minimum atomic E-state index is -4.27. The molecular formula is C28H58BrO4P. The zero-order valence-electron chi connectivity index (χ0n) is 22.3. The number of rotatable bonds is 29. The second-order valence-corrected chi connectivity index (χ2v) is 12.2. The second kappa shape index (κ2) is 28.2. The monoisotopic (exact) mass is 568 g/mol. The Kier molecular flexibility index (Phi) is 28.7. The summed E-state index contributed by atoms with van der Waals surface area (Å²) in [7, 11) is -4.27. The van der Waals surface area contributed by atoms with E-state index in [1.807, 2.05) is 0 Å². The minimum absolute atomic E-state index is 0.169. The average Bonchev–Trinajstić information content (AvgIpc) is 2.80. The van der Waals surface area contributed by atoms with Gasteiger partial charge in [-0.3, -0.25) is 4.52 Å². The van der Waals surface area contributed by atoms with Crippen molar-refractivity contribution in [2.75, 3.05) is 11.9 Å². The van der Waals surface area contributed by atoms with E-state index in [0.29, 0.717) is 0 Å². The van der Waals surface area contributed by atoms with Crippen molar-refractivity contribution in [3.63, 3.8) is 0 Å². The van der Waals surface area contributed by atoms with E-state index in [0.717, 1.165) is 19.3 Å². The van der Waals surface area contributed by atoms with E-state index in [1.165, 1.54) is 153 Å². The van der Waals surface area contributed by atoms with Crippen LogP contribution in [0.3, 0.4) is 0 Å².